The second kappa shape index (κ2) is 5.11. The smallest absolute Gasteiger partial charge is 0.411 e. The topological polar surface area (TPSA) is 87.6 Å². The number of hydrogen-bond donors (Lipinski definition) is 1. The number of carbonyl (C=O) groups is 1. The van der Waals surface area contributed by atoms with Gasteiger partial charge in [-0.1, -0.05) is 25.9 Å². The fourth-order valence-corrected chi connectivity index (χ4v) is 1.92. The van der Waals surface area contributed by atoms with Gasteiger partial charge in [-0.3, -0.25) is 0 Å². The van der Waals surface area contributed by atoms with Gasteiger partial charge in [-0.05, 0) is 18.1 Å². The standard InChI is InChI=1S/C11H20N2O4Si/c1-11(2,3)18(4,5)15-7-8-6-9(17-13-8)16-10(12)14/h6H,7H2,1-5H3,(H2,12,14). The van der Waals surface area contributed by atoms with Crippen LogP contribution in [0.15, 0.2) is 10.6 Å². The maximum atomic E-state index is 10.5. The molecule has 1 amide bonds. The Bertz CT molecular complexity index is 423. The first-order valence-electron chi connectivity index (χ1n) is 5.69. The van der Waals surface area contributed by atoms with Crippen LogP contribution >= 0.6 is 0 Å². The summed E-state index contributed by atoms with van der Waals surface area (Å²) >= 11 is 0. The van der Waals surface area contributed by atoms with Crippen LogP contribution in [0.4, 0.5) is 4.79 Å². The zero-order chi connectivity index (χ0) is 14.0. The van der Waals surface area contributed by atoms with E-state index in [0.29, 0.717) is 12.3 Å². The van der Waals surface area contributed by atoms with Crippen LogP contribution < -0.4 is 10.5 Å². The van der Waals surface area contributed by atoms with Gasteiger partial charge in [0.05, 0.1) is 6.61 Å². The van der Waals surface area contributed by atoms with Crippen molar-refractivity contribution in [1.29, 1.82) is 0 Å². The molecule has 0 spiro atoms. The lowest BCUT2D eigenvalue weighted by Crippen LogP contribution is -2.40. The molecule has 0 bridgehead atoms. The van der Waals surface area contributed by atoms with E-state index in [9.17, 15) is 4.79 Å². The van der Waals surface area contributed by atoms with Crippen LogP contribution in [0.5, 0.6) is 5.95 Å². The number of aromatic nitrogens is 1. The van der Waals surface area contributed by atoms with Gasteiger partial charge in [0.25, 0.3) is 0 Å². The van der Waals surface area contributed by atoms with Gasteiger partial charge in [0.2, 0.25) is 0 Å². The molecular formula is C11H20N2O4Si. The molecule has 18 heavy (non-hydrogen) atoms. The van der Waals surface area contributed by atoms with Crippen LogP contribution in [-0.2, 0) is 11.0 Å². The van der Waals surface area contributed by atoms with E-state index in [0.717, 1.165) is 0 Å². The third-order valence-electron chi connectivity index (χ3n) is 3.13. The maximum absolute atomic E-state index is 10.5. The lowest BCUT2D eigenvalue weighted by molar-refractivity contribution is 0.189. The maximum Gasteiger partial charge on any atom is 0.412 e. The van der Waals surface area contributed by atoms with Gasteiger partial charge in [0.15, 0.2) is 8.32 Å². The van der Waals surface area contributed by atoms with E-state index in [2.05, 4.69) is 43.8 Å². The van der Waals surface area contributed by atoms with Crippen molar-refractivity contribution in [2.75, 3.05) is 0 Å². The number of amides is 1. The molecule has 102 valence electrons. The summed E-state index contributed by atoms with van der Waals surface area (Å²) in [5.41, 5.74) is 5.44. The SMILES string of the molecule is CC(C)(C)[Si](C)(C)OCc1cc(OC(N)=O)on1. The van der Waals surface area contributed by atoms with E-state index in [-0.39, 0.29) is 11.0 Å². The first-order valence-corrected chi connectivity index (χ1v) is 8.59. The molecule has 2 N–H and O–H groups in total. The second-order valence-corrected chi connectivity index (χ2v) is 10.4. The molecule has 0 fully saturated rings. The molecule has 0 aromatic carbocycles. The molecule has 1 rings (SSSR count). The Morgan fingerprint density at radius 2 is 2.11 bits per heavy atom. The number of carbonyl (C=O) groups excluding carboxylic acids is 1. The van der Waals surface area contributed by atoms with Crippen molar-refractivity contribution in [2.45, 2.75) is 45.5 Å². The molecule has 1 heterocycles. The van der Waals surface area contributed by atoms with Gasteiger partial charge in [-0.15, -0.1) is 0 Å². The minimum absolute atomic E-state index is 0.0173. The summed E-state index contributed by atoms with van der Waals surface area (Å²) in [5, 5.41) is 3.87. The average molecular weight is 272 g/mol. The van der Waals surface area contributed by atoms with Gasteiger partial charge in [-0.2, -0.15) is 0 Å². The summed E-state index contributed by atoms with van der Waals surface area (Å²) in [6.07, 6.45) is -0.928. The quantitative estimate of drug-likeness (QED) is 0.851. The first kappa shape index (κ1) is 14.7. The predicted octanol–water partition coefficient (Wildman–Crippen LogP) is 2.65. The third-order valence-corrected chi connectivity index (χ3v) is 7.60. The largest absolute Gasteiger partial charge is 0.412 e. The molecule has 0 radical (unpaired) electrons. The van der Waals surface area contributed by atoms with Gasteiger partial charge in [-0.25, -0.2) is 4.79 Å². The van der Waals surface area contributed by atoms with Crippen LogP contribution in [-0.4, -0.2) is 19.6 Å². The Balaban J connectivity index is 2.59. The van der Waals surface area contributed by atoms with Crippen molar-refractivity contribution in [2.24, 2.45) is 5.73 Å². The zero-order valence-corrected chi connectivity index (χ0v) is 12.4. The molecule has 0 aliphatic heterocycles. The Morgan fingerprint density at radius 1 is 1.50 bits per heavy atom. The first-order chi connectivity index (χ1) is 8.12. The second-order valence-electron chi connectivity index (χ2n) is 5.61. The van der Waals surface area contributed by atoms with Crippen molar-refractivity contribution in [3.05, 3.63) is 11.8 Å². The Morgan fingerprint density at radius 3 is 2.61 bits per heavy atom. The number of rotatable bonds is 4. The summed E-state index contributed by atoms with van der Waals surface area (Å²) in [5.74, 6) is -0.0173. The number of primary amides is 1. The molecule has 0 unspecified atom stereocenters. The number of nitrogens with two attached hydrogens (primary N) is 1. The van der Waals surface area contributed by atoms with Crippen molar-refractivity contribution in [3.63, 3.8) is 0 Å². The lowest BCUT2D eigenvalue weighted by Gasteiger charge is -2.35. The normalized spacial score (nSPS) is 12.5. The van der Waals surface area contributed by atoms with Crippen molar-refractivity contribution >= 4 is 14.4 Å². The fraction of sp³-hybridized carbons (Fsp3) is 0.636. The molecule has 0 aliphatic rings. The van der Waals surface area contributed by atoms with Crippen LogP contribution in [0, 0.1) is 0 Å². The number of ether oxygens (including phenoxy) is 1. The Labute approximate surface area is 108 Å². The highest BCUT2D eigenvalue weighted by Gasteiger charge is 2.37. The van der Waals surface area contributed by atoms with Crippen LogP contribution in [0.2, 0.25) is 18.1 Å². The highest BCUT2D eigenvalue weighted by atomic mass is 28.4. The van der Waals surface area contributed by atoms with Gasteiger partial charge < -0.3 is 19.4 Å². The van der Waals surface area contributed by atoms with E-state index in [1.807, 2.05) is 0 Å². The van der Waals surface area contributed by atoms with E-state index >= 15 is 0 Å². The summed E-state index contributed by atoms with van der Waals surface area (Å²) in [6.45, 7) is 11.1. The average Bonchev–Trinajstić information content (AvgIpc) is 2.60. The molecule has 1 aromatic heterocycles. The lowest BCUT2D eigenvalue weighted by atomic mass is 10.2. The van der Waals surface area contributed by atoms with Crippen molar-refractivity contribution in [3.8, 4) is 5.95 Å². The number of nitrogens with zero attached hydrogens (tertiary/aromatic N) is 1. The minimum atomic E-state index is -1.82. The van der Waals surface area contributed by atoms with Crippen molar-refractivity contribution < 1.29 is 18.5 Å². The van der Waals surface area contributed by atoms with Crippen LogP contribution in [0.1, 0.15) is 26.5 Å². The molecule has 0 atom stereocenters. The van der Waals surface area contributed by atoms with Gasteiger partial charge in [0.1, 0.15) is 5.69 Å². The number of hydrogen-bond acceptors (Lipinski definition) is 5. The van der Waals surface area contributed by atoms with E-state index in [1.165, 1.54) is 6.07 Å². The minimum Gasteiger partial charge on any atom is -0.411 e. The Kier molecular flexibility index (Phi) is 4.18. The molecule has 0 saturated heterocycles. The highest BCUT2D eigenvalue weighted by molar-refractivity contribution is 6.74. The highest BCUT2D eigenvalue weighted by Crippen LogP contribution is 2.37. The van der Waals surface area contributed by atoms with E-state index in [4.69, 9.17) is 14.7 Å². The summed E-state index contributed by atoms with van der Waals surface area (Å²) in [7, 11) is -1.82. The van der Waals surface area contributed by atoms with Crippen molar-refractivity contribution in [1.82, 2.24) is 5.16 Å². The molecule has 1 aromatic rings. The zero-order valence-electron chi connectivity index (χ0n) is 11.4. The van der Waals surface area contributed by atoms with Gasteiger partial charge in [0, 0.05) is 6.07 Å². The fourth-order valence-electron chi connectivity index (χ4n) is 0.978. The van der Waals surface area contributed by atoms with E-state index < -0.39 is 14.4 Å². The summed E-state index contributed by atoms with van der Waals surface area (Å²) < 4.78 is 15.3. The molecule has 6 nitrogen and oxygen atoms in total. The summed E-state index contributed by atoms with van der Waals surface area (Å²) in [4.78, 5) is 10.5. The molecule has 7 heteroatoms. The van der Waals surface area contributed by atoms with Crippen LogP contribution in [0.25, 0.3) is 0 Å². The molecule has 0 aliphatic carbocycles. The molecule has 0 saturated carbocycles. The summed E-state index contributed by atoms with van der Waals surface area (Å²) in [6, 6.07) is 1.50. The monoisotopic (exact) mass is 272 g/mol. The van der Waals surface area contributed by atoms with E-state index in [1.54, 1.807) is 0 Å². The third kappa shape index (κ3) is 3.85. The molecular weight excluding hydrogens is 252 g/mol. The Hall–Kier alpha value is -1.34. The predicted molar refractivity (Wildman–Crippen MR) is 68.7 cm³/mol. The van der Waals surface area contributed by atoms with Crippen LogP contribution in [0.3, 0.4) is 0 Å². The van der Waals surface area contributed by atoms with Gasteiger partial charge >= 0.3 is 12.0 Å².